The lowest BCUT2D eigenvalue weighted by Crippen LogP contribution is -2.27. The van der Waals surface area contributed by atoms with Crippen molar-refractivity contribution in [3.63, 3.8) is 0 Å². The first-order valence-corrected chi connectivity index (χ1v) is 10.7. The van der Waals surface area contributed by atoms with Crippen molar-refractivity contribution in [3.8, 4) is 11.5 Å². The lowest BCUT2D eigenvalue weighted by Gasteiger charge is -2.20. The summed E-state index contributed by atoms with van der Waals surface area (Å²) in [5, 5.41) is 3.67. The number of amides is 1. The first-order valence-electron chi connectivity index (χ1n) is 10.7. The van der Waals surface area contributed by atoms with Crippen LogP contribution in [-0.2, 0) is 4.74 Å². The number of fused-ring (bicyclic) bond motifs is 1. The smallest absolute Gasteiger partial charge is 0.411 e. The number of carbonyl (C=O) groups is 1. The first kappa shape index (κ1) is 21.7. The van der Waals surface area contributed by atoms with Crippen molar-refractivity contribution in [3.05, 3.63) is 48.3 Å². The van der Waals surface area contributed by atoms with Crippen LogP contribution < -0.4 is 19.7 Å². The van der Waals surface area contributed by atoms with E-state index in [-0.39, 0.29) is 6.10 Å². The van der Waals surface area contributed by atoms with Gasteiger partial charge in [0.2, 0.25) is 0 Å². The zero-order valence-electron chi connectivity index (χ0n) is 18.8. The number of methoxy groups -OCH3 is 2. The molecule has 0 bridgehead atoms. The van der Waals surface area contributed by atoms with E-state index in [2.05, 4.69) is 34.0 Å². The summed E-state index contributed by atoms with van der Waals surface area (Å²) in [5.74, 6) is 2.46. The van der Waals surface area contributed by atoms with E-state index in [1.807, 2.05) is 36.4 Å². The Morgan fingerprint density at radius 2 is 1.81 bits per heavy atom. The second kappa shape index (κ2) is 9.30. The Kier molecular flexibility index (Phi) is 6.30. The average Bonchev–Trinajstić information content (AvgIpc) is 3.25. The molecule has 3 aromatic rings. The summed E-state index contributed by atoms with van der Waals surface area (Å²) in [7, 11) is 3.19. The van der Waals surface area contributed by atoms with Crippen LogP contribution in [-0.4, -0.2) is 49.5 Å². The maximum absolute atomic E-state index is 12.4. The molecular weight excluding hydrogens is 408 g/mol. The van der Waals surface area contributed by atoms with Crippen molar-refractivity contribution < 1.29 is 19.0 Å². The summed E-state index contributed by atoms with van der Waals surface area (Å²) in [6.07, 6.45) is 1.58. The molecule has 0 aliphatic carbocycles. The molecule has 1 saturated heterocycles. The number of anilines is 2. The van der Waals surface area contributed by atoms with Crippen molar-refractivity contribution in [1.82, 2.24) is 9.97 Å². The highest BCUT2D eigenvalue weighted by Crippen LogP contribution is 2.35. The van der Waals surface area contributed by atoms with E-state index in [0.29, 0.717) is 24.0 Å². The van der Waals surface area contributed by atoms with Crippen LogP contribution in [0.15, 0.2) is 42.7 Å². The number of nitrogens with one attached hydrogen (secondary N) is 1. The highest BCUT2D eigenvalue weighted by molar-refractivity contribution is 5.92. The van der Waals surface area contributed by atoms with Gasteiger partial charge >= 0.3 is 6.09 Å². The Hall–Kier alpha value is -3.55. The van der Waals surface area contributed by atoms with Crippen molar-refractivity contribution in [1.29, 1.82) is 0 Å². The van der Waals surface area contributed by atoms with Gasteiger partial charge in [-0.3, -0.25) is 5.32 Å². The topological polar surface area (TPSA) is 85.8 Å². The number of rotatable bonds is 6. The number of ether oxygens (including phenoxy) is 3. The lowest BCUT2D eigenvalue weighted by molar-refractivity contribution is 0.122. The number of hydrogen-bond donors (Lipinski definition) is 1. The van der Waals surface area contributed by atoms with Crippen LogP contribution in [0.25, 0.3) is 10.9 Å². The molecule has 4 rings (SSSR count). The van der Waals surface area contributed by atoms with Gasteiger partial charge in [0.15, 0.2) is 11.5 Å². The van der Waals surface area contributed by atoms with Gasteiger partial charge in [0.25, 0.3) is 0 Å². The molecule has 168 valence electrons. The Morgan fingerprint density at radius 1 is 1.09 bits per heavy atom. The van der Waals surface area contributed by atoms with Gasteiger partial charge in [0.1, 0.15) is 18.2 Å². The monoisotopic (exact) mass is 436 g/mol. The average molecular weight is 437 g/mol. The summed E-state index contributed by atoms with van der Waals surface area (Å²) in [6.45, 7) is 5.55. The summed E-state index contributed by atoms with van der Waals surface area (Å²) >= 11 is 0. The Bertz CT molecular complexity index is 1100. The quantitative estimate of drug-likeness (QED) is 0.604. The molecule has 8 heteroatoms. The van der Waals surface area contributed by atoms with E-state index < -0.39 is 6.09 Å². The fraction of sp³-hybridized carbons (Fsp3) is 0.375. The van der Waals surface area contributed by atoms with Crippen LogP contribution in [0.5, 0.6) is 11.5 Å². The van der Waals surface area contributed by atoms with Crippen LogP contribution in [0, 0.1) is 0 Å². The molecule has 1 unspecified atom stereocenters. The molecule has 32 heavy (non-hydrogen) atoms. The highest BCUT2D eigenvalue weighted by Gasteiger charge is 2.28. The molecule has 1 atom stereocenters. The number of benzene rings is 2. The molecule has 0 spiro atoms. The second-order valence-electron chi connectivity index (χ2n) is 8.09. The summed E-state index contributed by atoms with van der Waals surface area (Å²) in [5.41, 5.74) is 2.71. The SMILES string of the molecule is COc1cc2ncnc(N3CCC(OC(=O)Nc4ccc(C(C)C)cc4)C3)c2cc1OC. The normalized spacial score (nSPS) is 15.8. The zero-order valence-corrected chi connectivity index (χ0v) is 18.8. The third-order valence-electron chi connectivity index (χ3n) is 5.66. The minimum Gasteiger partial charge on any atom is -0.493 e. The van der Waals surface area contributed by atoms with E-state index in [4.69, 9.17) is 14.2 Å². The standard InChI is InChI=1S/C24H28N4O4/c1-15(2)16-5-7-17(8-6-16)27-24(29)32-18-9-10-28(13-18)23-19-11-21(30-3)22(31-4)12-20(19)25-14-26-23/h5-8,11-12,14-15,18H,9-10,13H2,1-4H3,(H,27,29). The third kappa shape index (κ3) is 4.54. The van der Waals surface area contributed by atoms with Gasteiger partial charge in [-0.1, -0.05) is 26.0 Å². The van der Waals surface area contributed by atoms with Crippen LogP contribution in [0.3, 0.4) is 0 Å². The lowest BCUT2D eigenvalue weighted by atomic mass is 10.0. The van der Waals surface area contributed by atoms with E-state index in [1.165, 1.54) is 11.9 Å². The fourth-order valence-corrected chi connectivity index (χ4v) is 3.89. The molecule has 0 radical (unpaired) electrons. The predicted octanol–water partition coefficient (Wildman–Crippen LogP) is 4.60. The minimum atomic E-state index is -0.451. The van der Waals surface area contributed by atoms with Crippen molar-refractivity contribution in [2.45, 2.75) is 32.3 Å². The van der Waals surface area contributed by atoms with Gasteiger partial charge in [0, 0.05) is 30.1 Å². The number of hydrogen-bond acceptors (Lipinski definition) is 7. The van der Waals surface area contributed by atoms with Crippen LogP contribution in [0.1, 0.15) is 31.7 Å². The minimum absolute atomic E-state index is 0.227. The van der Waals surface area contributed by atoms with Gasteiger partial charge in [-0.15, -0.1) is 0 Å². The third-order valence-corrected chi connectivity index (χ3v) is 5.66. The first-order chi connectivity index (χ1) is 15.5. The summed E-state index contributed by atoms with van der Waals surface area (Å²) < 4.78 is 16.5. The molecule has 1 fully saturated rings. The van der Waals surface area contributed by atoms with Gasteiger partial charge < -0.3 is 19.1 Å². The largest absolute Gasteiger partial charge is 0.493 e. The Morgan fingerprint density at radius 3 is 2.50 bits per heavy atom. The molecule has 1 N–H and O–H groups in total. The zero-order chi connectivity index (χ0) is 22.7. The van der Waals surface area contributed by atoms with E-state index in [9.17, 15) is 4.79 Å². The molecule has 0 saturated carbocycles. The fourth-order valence-electron chi connectivity index (χ4n) is 3.89. The van der Waals surface area contributed by atoms with Crippen molar-refractivity contribution >= 4 is 28.5 Å². The Labute approximate surface area is 187 Å². The van der Waals surface area contributed by atoms with Crippen LogP contribution in [0.4, 0.5) is 16.3 Å². The number of carbonyl (C=O) groups excluding carboxylic acids is 1. The highest BCUT2D eigenvalue weighted by atomic mass is 16.6. The maximum Gasteiger partial charge on any atom is 0.411 e. The second-order valence-corrected chi connectivity index (χ2v) is 8.09. The molecule has 1 aromatic heterocycles. The van der Waals surface area contributed by atoms with Crippen molar-refractivity contribution in [2.24, 2.45) is 0 Å². The van der Waals surface area contributed by atoms with Crippen molar-refractivity contribution in [2.75, 3.05) is 37.5 Å². The molecule has 2 aromatic carbocycles. The molecule has 1 aliphatic rings. The molecule has 8 nitrogen and oxygen atoms in total. The molecule has 1 amide bonds. The van der Waals surface area contributed by atoms with E-state index >= 15 is 0 Å². The van der Waals surface area contributed by atoms with E-state index in [0.717, 1.165) is 35.4 Å². The number of aromatic nitrogens is 2. The Balaban J connectivity index is 1.43. The van der Waals surface area contributed by atoms with Gasteiger partial charge in [-0.2, -0.15) is 0 Å². The molecule has 2 heterocycles. The molecular formula is C24H28N4O4. The maximum atomic E-state index is 12.4. The van der Waals surface area contributed by atoms with Gasteiger partial charge in [-0.05, 0) is 29.7 Å². The van der Waals surface area contributed by atoms with Crippen LogP contribution in [0.2, 0.25) is 0 Å². The number of nitrogens with zero attached hydrogens (tertiary/aromatic N) is 3. The van der Waals surface area contributed by atoms with Crippen LogP contribution >= 0.6 is 0 Å². The van der Waals surface area contributed by atoms with Gasteiger partial charge in [0.05, 0.1) is 26.3 Å². The van der Waals surface area contributed by atoms with E-state index in [1.54, 1.807) is 14.2 Å². The van der Waals surface area contributed by atoms with Gasteiger partial charge in [-0.25, -0.2) is 14.8 Å². The predicted molar refractivity (Wildman–Crippen MR) is 124 cm³/mol. The summed E-state index contributed by atoms with van der Waals surface area (Å²) in [4.78, 5) is 23.3. The molecule has 1 aliphatic heterocycles. The summed E-state index contributed by atoms with van der Waals surface area (Å²) in [6, 6.07) is 11.5.